The Hall–Kier alpha value is -7.69. The predicted octanol–water partition coefficient (Wildman–Crippen LogP) is 18.5. The van der Waals surface area contributed by atoms with Crippen molar-refractivity contribution in [3.63, 3.8) is 0 Å². The fraction of sp³-hybridized carbons (Fsp3) is 0.264. The molecule has 1 aromatic heterocycles. The maximum absolute atomic E-state index is 9.61. The number of aryl methyl sites for hydroxylation is 1. The molecule has 2 unspecified atom stereocenters. The molecule has 13 rings (SSSR count). The molecular formula is C72H70N3O+. The number of aromatic nitrogens is 1. The molecule has 9 aromatic rings. The van der Waals surface area contributed by atoms with Crippen LogP contribution in [0, 0.1) is 6.85 Å². The van der Waals surface area contributed by atoms with E-state index >= 15 is 0 Å². The van der Waals surface area contributed by atoms with E-state index in [1.807, 2.05) is 12.1 Å². The molecule has 8 aromatic carbocycles. The lowest BCUT2D eigenvalue weighted by atomic mass is 9.77. The van der Waals surface area contributed by atoms with Crippen molar-refractivity contribution in [3.05, 3.63) is 221 Å². The molecule has 76 heavy (non-hydrogen) atoms. The SMILES string of the molecule is [2H]C([2H])([2H])c1cc(-c2c(-c3ccccc3)cccc2C(C)(C)C)ccc1N1c2cccc3c2N2C1c1cc(C(C)(C)C)cc(C(C)(C)C)c1OC21c2c-3cc(-c3ccccc3)cc2-c2cc(-c3ccc(C(C)(C)C)cc3)cc[n+]21. The number of benzene rings is 8. The number of hydrogen-bond donors (Lipinski definition) is 0. The molecule has 0 bridgehead atoms. The van der Waals surface area contributed by atoms with Crippen LogP contribution in [0.15, 0.2) is 182 Å². The highest BCUT2D eigenvalue weighted by Gasteiger charge is 2.70. The van der Waals surface area contributed by atoms with Crippen molar-refractivity contribution in [2.45, 2.75) is 124 Å². The van der Waals surface area contributed by atoms with Crippen molar-refractivity contribution in [3.8, 4) is 72.6 Å². The summed E-state index contributed by atoms with van der Waals surface area (Å²) < 4.78 is 39.4. The molecule has 0 N–H and O–H groups in total. The Morgan fingerprint density at radius 1 is 0.474 bits per heavy atom. The molecule has 0 saturated carbocycles. The van der Waals surface area contributed by atoms with Gasteiger partial charge in [0, 0.05) is 44.2 Å². The molecule has 0 aliphatic carbocycles. The summed E-state index contributed by atoms with van der Waals surface area (Å²) in [6, 6.07) is 63.6. The molecular weight excluding hydrogens is 923 g/mol. The highest BCUT2D eigenvalue weighted by molar-refractivity contribution is 6.03. The third-order valence-electron chi connectivity index (χ3n) is 16.7. The van der Waals surface area contributed by atoms with Crippen LogP contribution in [-0.4, -0.2) is 0 Å². The normalized spacial score (nSPS) is 17.7. The summed E-state index contributed by atoms with van der Waals surface area (Å²) in [7, 11) is 0. The molecule has 4 heteroatoms. The molecule has 5 heterocycles. The first-order valence-corrected chi connectivity index (χ1v) is 27.2. The summed E-state index contributed by atoms with van der Waals surface area (Å²) in [5.74, 6) is -0.410. The van der Waals surface area contributed by atoms with Crippen LogP contribution in [0.25, 0.3) is 66.9 Å². The minimum atomic E-state index is -2.51. The van der Waals surface area contributed by atoms with Gasteiger partial charge in [-0.1, -0.05) is 210 Å². The predicted molar refractivity (Wildman–Crippen MR) is 317 cm³/mol. The van der Waals surface area contributed by atoms with Gasteiger partial charge in [-0.2, -0.15) is 0 Å². The van der Waals surface area contributed by atoms with Crippen LogP contribution in [0.4, 0.5) is 17.1 Å². The van der Waals surface area contributed by atoms with Crippen molar-refractivity contribution in [2.24, 2.45) is 0 Å². The second kappa shape index (κ2) is 16.4. The first-order valence-electron chi connectivity index (χ1n) is 28.7. The van der Waals surface area contributed by atoms with Crippen LogP contribution in [-0.2, 0) is 27.5 Å². The lowest BCUT2D eigenvalue weighted by molar-refractivity contribution is -0.774. The maximum Gasteiger partial charge on any atom is 0.432 e. The molecule has 4 aliphatic heterocycles. The first-order chi connectivity index (χ1) is 37.3. The highest BCUT2D eigenvalue weighted by Crippen LogP contribution is 2.68. The zero-order valence-corrected chi connectivity index (χ0v) is 46.1. The second-order valence-corrected chi connectivity index (χ2v) is 25.8. The van der Waals surface area contributed by atoms with Crippen LogP contribution < -0.4 is 19.1 Å². The Labute approximate surface area is 455 Å². The van der Waals surface area contributed by atoms with E-state index in [9.17, 15) is 4.11 Å². The monoisotopic (exact) mass is 996 g/mol. The van der Waals surface area contributed by atoms with Gasteiger partial charge in [-0.3, -0.25) is 0 Å². The second-order valence-electron chi connectivity index (χ2n) is 25.8. The summed E-state index contributed by atoms with van der Waals surface area (Å²) in [6.45, 7) is 24.7. The molecule has 0 saturated heterocycles. The Morgan fingerprint density at radius 3 is 1.78 bits per heavy atom. The third-order valence-corrected chi connectivity index (χ3v) is 16.7. The van der Waals surface area contributed by atoms with E-state index in [0.29, 0.717) is 11.3 Å². The van der Waals surface area contributed by atoms with Crippen molar-refractivity contribution in [2.75, 3.05) is 9.80 Å². The Balaban J connectivity index is 1.13. The Bertz CT molecular complexity index is 3960. The first kappa shape index (κ1) is 44.6. The summed E-state index contributed by atoms with van der Waals surface area (Å²) in [6.07, 6.45) is 1.70. The van der Waals surface area contributed by atoms with Gasteiger partial charge in [0.1, 0.15) is 17.5 Å². The minimum Gasteiger partial charge on any atom is -0.410 e. The molecule has 0 amide bonds. The van der Waals surface area contributed by atoms with Crippen LogP contribution in [0.5, 0.6) is 5.75 Å². The van der Waals surface area contributed by atoms with Gasteiger partial charge in [-0.25, -0.2) is 4.90 Å². The lowest BCUT2D eigenvalue weighted by Gasteiger charge is -2.49. The van der Waals surface area contributed by atoms with Crippen molar-refractivity contribution in [1.82, 2.24) is 0 Å². The zero-order chi connectivity index (χ0) is 55.5. The van der Waals surface area contributed by atoms with Crippen LogP contribution in [0.2, 0.25) is 0 Å². The number of para-hydroxylation sites is 1. The van der Waals surface area contributed by atoms with Gasteiger partial charge < -0.3 is 9.64 Å². The number of nitrogens with zero attached hydrogens (tertiary/aromatic N) is 3. The average Bonchev–Trinajstić information content (AvgIpc) is 2.64. The summed E-state index contributed by atoms with van der Waals surface area (Å²) in [4.78, 5) is 4.87. The fourth-order valence-corrected chi connectivity index (χ4v) is 12.8. The minimum absolute atomic E-state index is 0.0230. The van der Waals surface area contributed by atoms with E-state index in [2.05, 4.69) is 267 Å². The summed E-state index contributed by atoms with van der Waals surface area (Å²) in [5.41, 5.74) is 21.8. The van der Waals surface area contributed by atoms with E-state index in [1.165, 1.54) is 11.1 Å². The molecule has 4 nitrogen and oxygen atoms in total. The Morgan fingerprint density at radius 2 is 1.11 bits per heavy atom. The number of fused-ring (bicyclic) bond motifs is 5. The quantitative estimate of drug-likeness (QED) is 0.160. The largest absolute Gasteiger partial charge is 0.432 e. The lowest BCUT2D eigenvalue weighted by Crippen LogP contribution is -2.71. The van der Waals surface area contributed by atoms with Crippen LogP contribution in [0.1, 0.15) is 132 Å². The summed E-state index contributed by atoms with van der Waals surface area (Å²) in [5, 5.41) is 0. The fourth-order valence-electron chi connectivity index (χ4n) is 12.8. The standard InChI is InChI=1S/C72H70N3O/c1-44-38-49(63-53(47-24-18-15-19-25-47)26-20-28-58(63)70(8,9)10)32-35-60(44)74-61-29-21-27-54-55-39-50(45-22-16-14-17-23-45)40-56-62-41-48(46-30-33-51(34-31-46)68(2,3)4)36-37-73(62)72(64(55)56)75(65(54)61)67(74)57-42-52(69(5,6)7)43-59(66(57)76-72)71(11,12)13/h14-43,67H,1-13H3/q+1/i1D3. The smallest absolute Gasteiger partial charge is 0.410 e. The van der Waals surface area contributed by atoms with E-state index < -0.39 is 18.9 Å². The average molecular weight is 996 g/mol. The molecule has 0 radical (unpaired) electrons. The molecule has 378 valence electrons. The van der Waals surface area contributed by atoms with Gasteiger partial charge in [0.05, 0.1) is 16.9 Å². The van der Waals surface area contributed by atoms with Gasteiger partial charge in [0.2, 0.25) is 5.69 Å². The topological polar surface area (TPSA) is 19.6 Å². The Kier molecular flexibility index (Phi) is 9.63. The third kappa shape index (κ3) is 7.12. The van der Waals surface area contributed by atoms with Crippen molar-refractivity contribution >= 4 is 17.1 Å². The number of anilines is 3. The van der Waals surface area contributed by atoms with Gasteiger partial charge in [-0.15, -0.1) is 4.57 Å². The van der Waals surface area contributed by atoms with Gasteiger partial charge in [0.25, 0.3) is 0 Å². The zero-order valence-electron chi connectivity index (χ0n) is 49.1. The van der Waals surface area contributed by atoms with Gasteiger partial charge in [0.15, 0.2) is 6.20 Å². The number of ether oxygens (including phenoxy) is 1. The van der Waals surface area contributed by atoms with Gasteiger partial charge in [-0.05, 0) is 132 Å². The number of rotatable bonds is 5. The van der Waals surface area contributed by atoms with Gasteiger partial charge >= 0.3 is 5.85 Å². The molecule has 4 aliphatic rings. The van der Waals surface area contributed by atoms with Crippen molar-refractivity contribution in [1.29, 1.82) is 0 Å². The number of pyridine rings is 1. The van der Waals surface area contributed by atoms with E-state index in [4.69, 9.17) is 4.74 Å². The van der Waals surface area contributed by atoms with E-state index in [-0.39, 0.29) is 21.7 Å². The van der Waals surface area contributed by atoms with Crippen molar-refractivity contribution < 1.29 is 13.4 Å². The molecule has 0 fully saturated rings. The molecule has 2 atom stereocenters. The molecule has 1 spiro atoms. The van der Waals surface area contributed by atoms with E-state index in [0.717, 1.165) is 106 Å². The van der Waals surface area contributed by atoms with E-state index in [1.54, 1.807) is 0 Å². The van der Waals surface area contributed by atoms with Crippen LogP contribution in [0.3, 0.4) is 0 Å². The highest BCUT2D eigenvalue weighted by atomic mass is 16.5. The summed E-state index contributed by atoms with van der Waals surface area (Å²) >= 11 is 0. The number of hydrogen-bond acceptors (Lipinski definition) is 3. The maximum atomic E-state index is 9.61. The van der Waals surface area contributed by atoms with Crippen LogP contribution >= 0.6 is 0 Å².